The molecule has 7 heteroatoms. The normalized spacial score (nSPS) is 51.8. The summed E-state index contributed by atoms with van der Waals surface area (Å²) in [4.78, 5) is 12.9. The molecule has 0 spiro atoms. The summed E-state index contributed by atoms with van der Waals surface area (Å²) in [5.41, 5.74) is -1.25. The average Bonchev–Trinajstić information content (AvgIpc) is 2.93. The van der Waals surface area contributed by atoms with Gasteiger partial charge in [-0.05, 0) is 92.8 Å². The molecule has 0 aromatic rings. The lowest BCUT2D eigenvalue weighted by Gasteiger charge is -2.72. The molecule has 12 atom stereocenters. The summed E-state index contributed by atoms with van der Waals surface area (Å²) in [5, 5.41) is 56.6. The van der Waals surface area contributed by atoms with Crippen molar-refractivity contribution in [1.82, 2.24) is 0 Å². The lowest BCUT2D eigenvalue weighted by atomic mass is 9.33. The fraction of sp³-hybridized carbons (Fsp3) is 0.857. The molecule has 0 radical (unpaired) electrons. The molecular formula is C35H56O7. The summed E-state index contributed by atoms with van der Waals surface area (Å²) < 4.78 is 5.93. The predicted molar refractivity (Wildman–Crippen MR) is 161 cm³/mol. The van der Waals surface area contributed by atoms with E-state index < -0.39 is 53.2 Å². The number of carbonyl (C=O) groups excluding carboxylic acids is 1. The molecule has 5 aliphatic carbocycles. The monoisotopic (exact) mass is 588 g/mol. The molecule has 0 aliphatic heterocycles. The van der Waals surface area contributed by atoms with Crippen LogP contribution in [0.2, 0.25) is 0 Å². The van der Waals surface area contributed by atoms with E-state index in [9.17, 15) is 30.3 Å². The molecule has 42 heavy (non-hydrogen) atoms. The van der Waals surface area contributed by atoms with Crippen molar-refractivity contribution in [3.63, 3.8) is 0 Å². The second-order valence-electron chi connectivity index (χ2n) is 16.5. The Morgan fingerprint density at radius 3 is 2.21 bits per heavy atom. The van der Waals surface area contributed by atoms with E-state index in [4.69, 9.17) is 4.74 Å². The third kappa shape index (κ3) is 3.92. The first kappa shape index (κ1) is 32.2. The van der Waals surface area contributed by atoms with Crippen LogP contribution >= 0.6 is 0 Å². The second-order valence-corrected chi connectivity index (χ2v) is 16.5. The number of ether oxygens (including phenoxy) is 1. The van der Waals surface area contributed by atoms with Crippen molar-refractivity contribution in [1.29, 1.82) is 0 Å². The molecule has 5 rings (SSSR count). The summed E-state index contributed by atoms with van der Waals surface area (Å²) >= 11 is 0. The van der Waals surface area contributed by atoms with E-state index in [2.05, 4.69) is 33.8 Å². The van der Waals surface area contributed by atoms with Crippen LogP contribution in [0, 0.1) is 50.2 Å². The summed E-state index contributed by atoms with van der Waals surface area (Å²) in [6, 6.07) is 0. The van der Waals surface area contributed by atoms with Crippen LogP contribution in [0.1, 0.15) is 100 Å². The van der Waals surface area contributed by atoms with Gasteiger partial charge in [-0.15, -0.1) is 0 Å². The van der Waals surface area contributed by atoms with E-state index in [1.54, 1.807) is 19.9 Å². The van der Waals surface area contributed by atoms with Crippen molar-refractivity contribution in [3.8, 4) is 0 Å². The number of carbonyl (C=O) groups is 1. The Hall–Kier alpha value is -1.25. The van der Waals surface area contributed by atoms with Crippen molar-refractivity contribution in [3.05, 3.63) is 23.3 Å². The molecule has 4 fully saturated rings. The Bertz CT molecular complexity index is 1160. The minimum atomic E-state index is -1.23. The SMILES string of the molecule is CC=C(C)C(=O)O[C@H]1[C@H](O)[C@]2(CO)[C@@H](O)C[C@]3(C)C(=CC[C@@H]4[C@@]5(C)CC[C@H](O)[C@@](C)(CO)[C@@H]5CC[C@]43C)[C@@H]2CC1(C)C. The Labute approximate surface area is 252 Å². The minimum absolute atomic E-state index is 0.0255. The Kier molecular flexibility index (Phi) is 7.76. The molecule has 0 amide bonds. The highest BCUT2D eigenvalue weighted by Crippen LogP contribution is 2.75. The van der Waals surface area contributed by atoms with E-state index in [1.165, 1.54) is 5.57 Å². The maximum absolute atomic E-state index is 12.9. The summed E-state index contributed by atoms with van der Waals surface area (Å²) in [7, 11) is 0. The molecule has 0 aromatic heterocycles. The molecule has 0 bridgehead atoms. The van der Waals surface area contributed by atoms with Crippen LogP contribution in [0.5, 0.6) is 0 Å². The minimum Gasteiger partial charge on any atom is -0.456 e. The second kappa shape index (κ2) is 10.1. The molecule has 0 heterocycles. The molecule has 0 saturated heterocycles. The average molecular weight is 589 g/mol. The van der Waals surface area contributed by atoms with E-state index in [-0.39, 0.29) is 34.7 Å². The smallest absolute Gasteiger partial charge is 0.333 e. The number of fused-ring (bicyclic) bond motifs is 7. The number of rotatable bonds is 4. The molecule has 5 aliphatic rings. The van der Waals surface area contributed by atoms with Gasteiger partial charge in [0.2, 0.25) is 0 Å². The van der Waals surface area contributed by atoms with E-state index >= 15 is 0 Å². The zero-order valence-electron chi connectivity index (χ0n) is 27.1. The first-order chi connectivity index (χ1) is 19.4. The van der Waals surface area contributed by atoms with Crippen LogP contribution < -0.4 is 0 Å². The molecule has 238 valence electrons. The Morgan fingerprint density at radius 2 is 1.62 bits per heavy atom. The first-order valence-corrected chi connectivity index (χ1v) is 16.2. The third-order valence-corrected chi connectivity index (χ3v) is 14.5. The topological polar surface area (TPSA) is 127 Å². The van der Waals surface area contributed by atoms with E-state index in [0.717, 1.165) is 25.7 Å². The van der Waals surface area contributed by atoms with Crippen LogP contribution in [0.15, 0.2) is 23.3 Å². The highest BCUT2D eigenvalue weighted by Gasteiger charge is 2.72. The van der Waals surface area contributed by atoms with Gasteiger partial charge in [-0.2, -0.15) is 0 Å². The van der Waals surface area contributed by atoms with Crippen molar-refractivity contribution < 1.29 is 35.1 Å². The lowest BCUT2D eigenvalue weighted by molar-refractivity contribution is -0.262. The van der Waals surface area contributed by atoms with Gasteiger partial charge < -0.3 is 30.3 Å². The van der Waals surface area contributed by atoms with Gasteiger partial charge in [-0.3, -0.25) is 0 Å². The van der Waals surface area contributed by atoms with E-state index in [1.807, 2.05) is 13.8 Å². The number of aliphatic hydroxyl groups is 5. The Morgan fingerprint density at radius 1 is 0.952 bits per heavy atom. The zero-order valence-corrected chi connectivity index (χ0v) is 27.1. The molecular weight excluding hydrogens is 532 g/mol. The van der Waals surface area contributed by atoms with Crippen molar-refractivity contribution in [2.75, 3.05) is 13.2 Å². The highest BCUT2D eigenvalue weighted by atomic mass is 16.6. The zero-order chi connectivity index (χ0) is 31.3. The van der Waals surface area contributed by atoms with Crippen molar-refractivity contribution >= 4 is 5.97 Å². The largest absolute Gasteiger partial charge is 0.456 e. The van der Waals surface area contributed by atoms with E-state index in [0.29, 0.717) is 30.8 Å². The molecule has 0 unspecified atom stereocenters. The van der Waals surface area contributed by atoms with Gasteiger partial charge in [0.15, 0.2) is 0 Å². The van der Waals surface area contributed by atoms with Gasteiger partial charge in [0.1, 0.15) is 12.2 Å². The highest BCUT2D eigenvalue weighted by molar-refractivity contribution is 5.87. The Balaban J connectivity index is 1.58. The maximum atomic E-state index is 12.9. The standard InChI is InChI=1S/C35H56O7/c1-9-20(2)29(41)42-28-27(40)35(19-37)22(16-30(28,3)4)21-10-11-24-31(5)14-13-25(38)32(6,18-36)23(31)12-15-33(24,7)34(21,8)17-26(35)39/h9-10,22-28,36-40H,11-19H2,1-8H3/t22-,23+,24+,25-,26-,27-,28-,31-,32-,33+,34+,35-/m0/s1. The molecule has 5 N–H and O–H groups in total. The number of aliphatic hydroxyl groups excluding tert-OH is 5. The van der Waals surface area contributed by atoms with Crippen molar-refractivity contribution in [2.24, 2.45) is 50.2 Å². The first-order valence-electron chi connectivity index (χ1n) is 16.2. The summed E-state index contributed by atoms with van der Waals surface area (Å²) in [6.07, 6.45) is 5.72. The van der Waals surface area contributed by atoms with Gasteiger partial charge in [-0.25, -0.2) is 4.79 Å². The molecule has 4 saturated carbocycles. The van der Waals surface area contributed by atoms with Crippen LogP contribution in [0.3, 0.4) is 0 Å². The maximum Gasteiger partial charge on any atom is 0.333 e. The van der Waals surface area contributed by atoms with Gasteiger partial charge >= 0.3 is 5.97 Å². The predicted octanol–water partition coefficient (Wildman–Crippen LogP) is 4.54. The van der Waals surface area contributed by atoms with Crippen molar-refractivity contribution in [2.45, 2.75) is 125 Å². The van der Waals surface area contributed by atoms with Crippen LogP contribution in [-0.4, -0.2) is 69.1 Å². The van der Waals surface area contributed by atoms with Gasteiger partial charge in [0.05, 0.1) is 30.8 Å². The fourth-order valence-electron chi connectivity index (χ4n) is 11.5. The fourth-order valence-corrected chi connectivity index (χ4v) is 11.5. The number of hydrogen-bond acceptors (Lipinski definition) is 7. The van der Waals surface area contributed by atoms with Gasteiger partial charge in [-0.1, -0.05) is 59.3 Å². The quantitative estimate of drug-likeness (QED) is 0.185. The molecule has 7 nitrogen and oxygen atoms in total. The summed E-state index contributed by atoms with van der Waals surface area (Å²) in [5.74, 6) is -0.241. The van der Waals surface area contributed by atoms with Gasteiger partial charge in [0, 0.05) is 16.4 Å². The van der Waals surface area contributed by atoms with Crippen LogP contribution in [0.4, 0.5) is 0 Å². The number of hydrogen-bond donors (Lipinski definition) is 5. The third-order valence-electron chi connectivity index (χ3n) is 14.5. The number of allylic oxidation sites excluding steroid dienone is 3. The lowest BCUT2D eigenvalue weighted by Crippen LogP contribution is -2.72. The molecule has 0 aromatic carbocycles. The van der Waals surface area contributed by atoms with Crippen LogP contribution in [-0.2, 0) is 9.53 Å². The van der Waals surface area contributed by atoms with Crippen LogP contribution in [0.25, 0.3) is 0 Å². The summed E-state index contributed by atoms with van der Waals surface area (Å²) in [6.45, 7) is 16.2. The van der Waals surface area contributed by atoms with Gasteiger partial charge in [0.25, 0.3) is 0 Å². The number of esters is 1.